The SMILES string of the molecule is Cc1nc2ncc(C(=O)Nc3ccc(Cl)cc3C(=O)N3CCCC3)cc2[nH]1. The van der Waals surface area contributed by atoms with Crippen molar-refractivity contribution in [1.29, 1.82) is 0 Å². The van der Waals surface area contributed by atoms with Crippen molar-refractivity contribution >= 4 is 40.3 Å². The van der Waals surface area contributed by atoms with Gasteiger partial charge in [-0.1, -0.05) is 11.6 Å². The second kappa shape index (κ2) is 7.00. The van der Waals surface area contributed by atoms with Crippen LogP contribution in [-0.2, 0) is 0 Å². The summed E-state index contributed by atoms with van der Waals surface area (Å²) in [6.45, 7) is 3.27. The number of rotatable bonds is 3. The van der Waals surface area contributed by atoms with E-state index in [1.165, 1.54) is 6.20 Å². The summed E-state index contributed by atoms with van der Waals surface area (Å²) in [4.78, 5) is 38.8. The van der Waals surface area contributed by atoms with Crippen LogP contribution in [0.25, 0.3) is 11.2 Å². The highest BCUT2D eigenvalue weighted by molar-refractivity contribution is 6.31. The van der Waals surface area contributed by atoms with Crippen molar-refractivity contribution in [3.05, 3.63) is 52.4 Å². The molecule has 1 aliphatic heterocycles. The molecule has 0 spiro atoms. The number of imidazole rings is 1. The molecule has 0 atom stereocenters. The van der Waals surface area contributed by atoms with E-state index in [1.54, 1.807) is 29.2 Å². The van der Waals surface area contributed by atoms with Crippen molar-refractivity contribution in [2.24, 2.45) is 0 Å². The summed E-state index contributed by atoms with van der Waals surface area (Å²) < 4.78 is 0. The lowest BCUT2D eigenvalue weighted by molar-refractivity contribution is 0.0794. The number of aromatic nitrogens is 3. The fourth-order valence-electron chi connectivity index (χ4n) is 3.23. The number of nitrogens with one attached hydrogen (secondary N) is 2. The molecule has 1 aromatic carbocycles. The van der Waals surface area contributed by atoms with Crippen LogP contribution in [0.5, 0.6) is 0 Å². The number of pyridine rings is 1. The Labute approximate surface area is 160 Å². The number of aromatic amines is 1. The zero-order chi connectivity index (χ0) is 19.0. The third-order valence-corrected chi connectivity index (χ3v) is 4.81. The van der Waals surface area contributed by atoms with Crippen molar-refractivity contribution in [1.82, 2.24) is 19.9 Å². The molecule has 27 heavy (non-hydrogen) atoms. The van der Waals surface area contributed by atoms with Gasteiger partial charge in [0.1, 0.15) is 5.82 Å². The number of likely N-dealkylation sites (tertiary alicyclic amines) is 1. The molecule has 3 heterocycles. The smallest absolute Gasteiger partial charge is 0.257 e. The average molecular weight is 384 g/mol. The number of amides is 2. The Bertz CT molecular complexity index is 1040. The van der Waals surface area contributed by atoms with Crippen LogP contribution in [0.2, 0.25) is 5.02 Å². The van der Waals surface area contributed by atoms with Gasteiger partial charge in [-0.2, -0.15) is 0 Å². The van der Waals surface area contributed by atoms with E-state index in [4.69, 9.17) is 11.6 Å². The van der Waals surface area contributed by atoms with Crippen LogP contribution in [0, 0.1) is 6.92 Å². The Balaban J connectivity index is 1.62. The van der Waals surface area contributed by atoms with Gasteiger partial charge < -0.3 is 15.2 Å². The maximum absolute atomic E-state index is 12.8. The van der Waals surface area contributed by atoms with Gasteiger partial charge in [-0.3, -0.25) is 9.59 Å². The molecule has 7 nitrogen and oxygen atoms in total. The first-order chi connectivity index (χ1) is 13.0. The minimum Gasteiger partial charge on any atom is -0.341 e. The highest BCUT2D eigenvalue weighted by Gasteiger charge is 2.23. The molecule has 1 fully saturated rings. The summed E-state index contributed by atoms with van der Waals surface area (Å²) in [6, 6.07) is 6.58. The average Bonchev–Trinajstić information content (AvgIpc) is 3.30. The van der Waals surface area contributed by atoms with Crippen LogP contribution in [0.3, 0.4) is 0 Å². The topological polar surface area (TPSA) is 91.0 Å². The first-order valence-electron chi connectivity index (χ1n) is 8.74. The van der Waals surface area contributed by atoms with Crippen LogP contribution in [0.4, 0.5) is 5.69 Å². The number of hydrogen-bond donors (Lipinski definition) is 2. The molecule has 2 aromatic heterocycles. The van der Waals surface area contributed by atoms with E-state index in [1.807, 2.05) is 6.92 Å². The monoisotopic (exact) mass is 383 g/mol. The van der Waals surface area contributed by atoms with Crippen molar-refractivity contribution in [2.75, 3.05) is 18.4 Å². The molecule has 0 bridgehead atoms. The molecule has 0 saturated carbocycles. The number of nitrogens with zero attached hydrogens (tertiary/aromatic N) is 3. The van der Waals surface area contributed by atoms with Gasteiger partial charge in [0.15, 0.2) is 5.65 Å². The first kappa shape index (κ1) is 17.5. The summed E-state index contributed by atoms with van der Waals surface area (Å²) in [5.74, 6) is 0.253. The van der Waals surface area contributed by atoms with Gasteiger partial charge in [0.2, 0.25) is 0 Å². The van der Waals surface area contributed by atoms with Crippen LogP contribution in [0.1, 0.15) is 39.4 Å². The van der Waals surface area contributed by atoms with E-state index in [0.29, 0.717) is 33.0 Å². The summed E-state index contributed by atoms with van der Waals surface area (Å²) in [5, 5.41) is 3.26. The van der Waals surface area contributed by atoms with Crippen molar-refractivity contribution in [3.63, 3.8) is 0 Å². The Hall–Kier alpha value is -2.93. The summed E-state index contributed by atoms with van der Waals surface area (Å²) >= 11 is 6.08. The second-order valence-corrected chi connectivity index (χ2v) is 7.00. The molecule has 4 rings (SSSR count). The molecule has 0 radical (unpaired) electrons. The largest absolute Gasteiger partial charge is 0.341 e. The van der Waals surface area contributed by atoms with Crippen LogP contribution >= 0.6 is 11.6 Å². The number of benzene rings is 1. The number of aryl methyl sites for hydroxylation is 1. The Morgan fingerprint density at radius 1 is 1.22 bits per heavy atom. The van der Waals surface area contributed by atoms with Gasteiger partial charge in [0.25, 0.3) is 11.8 Å². The number of halogens is 1. The van der Waals surface area contributed by atoms with E-state index in [2.05, 4.69) is 20.3 Å². The zero-order valence-corrected chi connectivity index (χ0v) is 15.5. The van der Waals surface area contributed by atoms with Crippen LogP contribution in [-0.4, -0.2) is 44.8 Å². The van der Waals surface area contributed by atoms with Gasteiger partial charge >= 0.3 is 0 Å². The van der Waals surface area contributed by atoms with E-state index in [0.717, 1.165) is 31.8 Å². The first-order valence-corrected chi connectivity index (χ1v) is 9.11. The van der Waals surface area contributed by atoms with Crippen molar-refractivity contribution in [3.8, 4) is 0 Å². The Kier molecular flexibility index (Phi) is 4.53. The fourth-order valence-corrected chi connectivity index (χ4v) is 3.40. The predicted octanol–water partition coefficient (Wildman–Crippen LogP) is 3.41. The number of anilines is 1. The molecule has 138 valence electrons. The van der Waals surface area contributed by atoms with E-state index in [9.17, 15) is 9.59 Å². The minimum atomic E-state index is -0.352. The van der Waals surface area contributed by atoms with E-state index in [-0.39, 0.29) is 11.8 Å². The summed E-state index contributed by atoms with van der Waals surface area (Å²) in [7, 11) is 0. The predicted molar refractivity (Wildman–Crippen MR) is 103 cm³/mol. The molecule has 1 aliphatic rings. The number of hydrogen-bond acceptors (Lipinski definition) is 4. The lowest BCUT2D eigenvalue weighted by Crippen LogP contribution is -2.28. The van der Waals surface area contributed by atoms with Gasteiger partial charge in [-0.25, -0.2) is 9.97 Å². The standard InChI is InChI=1S/C19H18ClN5O2/c1-11-22-16-8-12(10-21-17(16)23-11)18(26)24-15-5-4-13(20)9-14(15)19(27)25-6-2-3-7-25/h4-5,8-10H,2-3,6-7H2,1H3,(H,24,26)(H,21,22,23). The van der Waals surface area contributed by atoms with Crippen LogP contribution < -0.4 is 5.32 Å². The van der Waals surface area contributed by atoms with E-state index < -0.39 is 0 Å². The number of carbonyl (C=O) groups excluding carboxylic acids is 2. The van der Waals surface area contributed by atoms with Gasteiger partial charge in [0.05, 0.1) is 22.3 Å². The van der Waals surface area contributed by atoms with Crippen molar-refractivity contribution < 1.29 is 9.59 Å². The number of fused-ring (bicyclic) bond motifs is 1. The lowest BCUT2D eigenvalue weighted by atomic mass is 10.1. The zero-order valence-electron chi connectivity index (χ0n) is 14.8. The highest BCUT2D eigenvalue weighted by atomic mass is 35.5. The van der Waals surface area contributed by atoms with Gasteiger partial charge in [-0.15, -0.1) is 0 Å². The van der Waals surface area contributed by atoms with Crippen LogP contribution in [0.15, 0.2) is 30.5 Å². The Morgan fingerprint density at radius 2 is 2.00 bits per heavy atom. The van der Waals surface area contributed by atoms with Gasteiger partial charge in [-0.05, 0) is 44.0 Å². The molecular weight excluding hydrogens is 366 g/mol. The molecule has 0 unspecified atom stereocenters. The number of carbonyl (C=O) groups is 2. The third-order valence-electron chi connectivity index (χ3n) is 4.57. The van der Waals surface area contributed by atoms with Crippen molar-refractivity contribution in [2.45, 2.75) is 19.8 Å². The second-order valence-electron chi connectivity index (χ2n) is 6.56. The lowest BCUT2D eigenvalue weighted by Gasteiger charge is -2.18. The molecule has 3 aromatic rings. The van der Waals surface area contributed by atoms with Gasteiger partial charge in [0, 0.05) is 24.3 Å². The number of H-pyrrole nitrogens is 1. The molecule has 2 N–H and O–H groups in total. The Morgan fingerprint density at radius 3 is 2.78 bits per heavy atom. The molecule has 1 saturated heterocycles. The third kappa shape index (κ3) is 3.50. The fraction of sp³-hybridized carbons (Fsp3) is 0.263. The molecule has 2 amide bonds. The molecular formula is C19H18ClN5O2. The maximum Gasteiger partial charge on any atom is 0.257 e. The molecule has 0 aliphatic carbocycles. The summed E-state index contributed by atoms with van der Waals surface area (Å²) in [5.41, 5.74) is 2.44. The normalized spacial score (nSPS) is 13.9. The van der Waals surface area contributed by atoms with E-state index >= 15 is 0 Å². The minimum absolute atomic E-state index is 0.122. The highest BCUT2D eigenvalue weighted by Crippen LogP contribution is 2.25. The maximum atomic E-state index is 12.8. The molecule has 8 heteroatoms. The quantitative estimate of drug-likeness (QED) is 0.725. The summed E-state index contributed by atoms with van der Waals surface area (Å²) in [6.07, 6.45) is 3.45.